The van der Waals surface area contributed by atoms with Crippen molar-refractivity contribution in [2.75, 3.05) is 33.4 Å². The minimum Gasteiger partial charge on any atom is -0.507 e. The molecule has 1 aliphatic rings. The first kappa shape index (κ1) is 23.0. The molecular weight excluding hydrogens is 398 g/mol. The summed E-state index contributed by atoms with van der Waals surface area (Å²) in [7, 11) is 1.59. The normalized spacial score (nSPS) is 16.2. The molecule has 0 unspecified atom stereocenters. The van der Waals surface area contributed by atoms with Crippen LogP contribution >= 0.6 is 0 Å². The van der Waals surface area contributed by atoms with Gasteiger partial charge in [0.2, 0.25) is 0 Å². The maximum atomic E-state index is 13.5. The van der Waals surface area contributed by atoms with Crippen LogP contribution in [0.3, 0.4) is 0 Å². The number of nitrogens with zero attached hydrogens (tertiary/aromatic N) is 3. The molecule has 0 amide bonds. The largest absolute Gasteiger partial charge is 0.507 e. The first-order valence-corrected chi connectivity index (χ1v) is 10.7. The molecule has 2 aromatic rings. The third-order valence-electron chi connectivity index (χ3n) is 5.83. The molecule has 0 aliphatic carbocycles. The zero-order chi connectivity index (χ0) is 22.4. The Morgan fingerprint density at radius 3 is 2.71 bits per heavy atom. The Kier molecular flexibility index (Phi) is 7.81. The van der Waals surface area contributed by atoms with Crippen molar-refractivity contribution in [1.29, 1.82) is 0 Å². The van der Waals surface area contributed by atoms with Crippen molar-refractivity contribution in [2.24, 2.45) is 5.92 Å². The smallest absolute Gasteiger partial charge is 0.309 e. The molecule has 0 aromatic carbocycles. The van der Waals surface area contributed by atoms with Gasteiger partial charge in [0, 0.05) is 31.7 Å². The van der Waals surface area contributed by atoms with Gasteiger partial charge in [-0.1, -0.05) is 6.07 Å². The lowest BCUT2D eigenvalue weighted by Gasteiger charge is -2.37. The van der Waals surface area contributed by atoms with Crippen molar-refractivity contribution in [3.63, 3.8) is 0 Å². The van der Waals surface area contributed by atoms with Gasteiger partial charge in [-0.3, -0.25) is 19.5 Å². The molecule has 0 saturated carbocycles. The number of esters is 1. The first-order valence-electron chi connectivity index (χ1n) is 10.7. The number of aromatic hydroxyl groups is 1. The van der Waals surface area contributed by atoms with E-state index < -0.39 is 6.04 Å². The molecule has 1 fully saturated rings. The summed E-state index contributed by atoms with van der Waals surface area (Å²) in [6.07, 6.45) is 4.68. The third-order valence-corrected chi connectivity index (χ3v) is 5.83. The van der Waals surface area contributed by atoms with Crippen molar-refractivity contribution in [1.82, 2.24) is 14.5 Å². The van der Waals surface area contributed by atoms with Gasteiger partial charge in [-0.2, -0.15) is 0 Å². The van der Waals surface area contributed by atoms with Gasteiger partial charge in [0.1, 0.15) is 5.75 Å². The van der Waals surface area contributed by atoms with Crippen molar-refractivity contribution < 1.29 is 19.4 Å². The maximum absolute atomic E-state index is 13.5. The second kappa shape index (κ2) is 10.5. The molecule has 1 aliphatic heterocycles. The number of hydrogen-bond acceptors (Lipinski definition) is 7. The SMILES string of the molecule is CCOC(=O)C1CCN([C@@H](c2cccnc2)c2c(O)cc(C)n(CCOC)c2=O)CC1. The van der Waals surface area contributed by atoms with Gasteiger partial charge in [0.05, 0.1) is 30.7 Å². The van der Waals surface area contributed by atoms with E-state index in [9.17, 15) is 14.7 Å². The minimum absolute atomic E-state index is 0.0301. The number of aromatic nitrogens is 2. The van der Waals surface area contributed by atoms with E-state index in [0.29, 0.717) is 56.9 Å². The number of methoxy groups -OCH3 is 1. The van der Waals surface area contributed by atoms with Crippen LogP contribution in [0.4, 0.5) is 0 Å². The molecule has 8 nitrogen and oxygen atoms in total. The highest BCUT2D eigenvalue weighted by molar-refractivity contribution is 5.72. The van der Waals surface area contributed by atoms with E-state index in [1.807, 2.05) is 12.1 Å². The van der Waals surface area contributed by atoms with Crippen LogP contribution in [-0.2, 0) is 20.8 Å². The Balaban J connectivity index is 1.99. The third kappa shape index (κ3) is 5.14. The van der Waals surface area contributed by atoms with E-state index in [1.165, 1.54) is 0 Å². The van der Waals surface area contributed by atoms with Gasteiger partial charge < -0.3 is 19.1 Å². The second-order valence-corrected chi connectivity index (χ2v) is 7.79. The summed E-state index contributed by atoms with van der Waals surface area (Å²) in [5, 5.41) is 10.8. The van der Waals surface area contributed by atoms with E-state index in [4.69, 9.17) is 9.47 Å². The van der Waals surface area contributed by atoms with Crippen LogP contribution in [0, 0.1) is 12.8 Å². The quantitative estimate of drug-likeness (QED) is 0.644. The zero-order valence-corrected chi connectivity index (χ0v) is 18.4. The number of carbonyl (C=O) groups excluding carboxylic acids is 1. The van der Waals surface area contributed by atoms with Gasteiger partial charge in [0.25, 0.3) is 5.56 Å². The number of rotatable bonds is 8. The lowest BCUT2D eigenvalue weighted by Crippen LogP contribution is -2.42. The molecule has 3 heterocycles. The van der Waals surface area contributed by atoms with E-state index in [0.717, 1.165) is 5.56 Å². The summed E-state index contributed by atoms with van der Waals surface area (Å²) in [6.45, 7) is 5.98. The predicted molar refractivity (Wildman–Crippen MR) is 116 cm³/mol. The van der Waals surface area contributed by atoms with Gasteiger partial charge in [-0.25, -0.2) is 0 Å². The van der Waals surface area contributed by atoms with Crippen LogP contribution in [-0.4, -0.2) is 58.9 Å². The van der Waals surface area contributed by atoms with Crippen molar-refractivity contribution in [3.05, 3.63) is 57.8 Å². The van der Waals surface area contributed by atoms with Gasteiger partial charge >= 0.3 is 5.97 Å². The van der Waals surface area contributed by atoms with Crippen LogP contribution < -0.4 is 5.56 Å². The molecule has 0 spiro atoms. The number of hydrogen-bond donors (Lipinski definition) is 1. The van der Waals surface area contributed by atoms with Crippen molar-refractivity contribution >= 4 is 5.97 Å². The number of piperidine rings is 1. The lowest BCUT2D eigenvalue weighted by atomic mass is 9.91. The maximum Gasteiger partial charge on any atom is 0.309 e. The average Bonchev–Trinajstić information content (AvgIpc) is 2.77. The number of ether oxygens (including phenoxy) is 2. The van der Waals surface area contributed by atoms with Crippen LogP contribution in [0.25, 0.3) is 0 Å². The predicted octanol–water partition coefficient (Wildman–Crippen LogP) is 2.27. The molecule has 2 aromatic heterocycles. The monoisotopic (exact) mass is 429 g/mol. The van der Waals surface area contributed by atoms with Crippen LogP contribution in [0.15, 0.2) is 35.4 Å². The van der Waals surface area contributed by atoms with Crippen LogP contribution in [0.2, 0.25) is 0 Å². The van der Waals surface area contributed by atoms with E-state index >= 15 is 0 Å². The molecule has 0 bridgehead atoms. The van der Waals surface area contributed by atoms with Crippen molar-refractivity contribution in [2.45, 2.75) is 39.3 Å². The Labute approximate surface area is 182 Å². The van der Waals surface area contributed by atoms with Crippen LogP contribution in [0.5, 0.6) is 5.75 Å². The molecule has 3 rings (SSSR count). The molecule has 168 valence electrons. The summed E-state index contributed by atoms with van der Waals surface area (Å²) < 4.78 is 12.0. The number of carbonyl (C=O) groups is 1. The standard InChI is InChI=1S/C23H31N3O5/c1-4-31-23(29)17-7-10-25(11-8-17)21(18-6-5-9-24-15-18)20-19(27)14-16(2)26(22(20)28)12-13-30-3/h5-6,9,14-15,17,21,27H,4,7-8,10-13H2,1-3H3/t21-/m0/s1. The summed E-state index contributed by atoms with van der Waals surface area (Å²) >= 11 is 0. The molecule has 8 heteroatoms. The molecule has 1 N–H and O–H groups in total. The number of pyridine rings is 2. The molecule has 31 heavy (non-hydrogen) atoms. The lowest BCUT2D eigenvalue weighted by molar-refractivity contribution is -0.149. The second-order valence-electron chi connectivity index (χ2n) is 7.79. The fourth-order valence-corrected chi connectivity index (χ4v) is 4.24. The minimum atomic E-state index is -0.459. The average molecular weight is 430 g/mol. The van der Waals surface area contributed by atoms with Gasteiger partial charge in [-0.15, -0.1) is 0 Å². The van der Waals surface area contributed by atoms with Gasteiger partial charge in [-0.05, 0) is 57.5 Å². The topological polar surface area (TPSA) is 93.9 Å². The number of likely N-dealkylation sites (tertiary alicyclic amines) is 1. The summed E-state index contributed by atoms with van der Waals surface area (Å²) in [4.78, 5) is 32.0. The zero-order valence-electron chi connectivity index (χ0n) is 18.4. The highest BCUT2D eigenvalue weighted by Gasteiger charge is 2.34. The Morgan fingerprint density at radius 1 is 1.35 bits per heavy atom. The first-order chi connectivity index (χ1) is 15.0. The molecule has 1 saturated heterocycles. The highest BCUT2D eigenvalue weighted by Crippen LogP contribution is 2.35. The van der Waals surface area contributed by atoms with E-state index in [2.05, 4.69) is 9.88 Å². The Bertz CT molecular complexity index is 936. The summed E-state index contributed by atoms with van der Waals surface area (Å²) in [5.41, 5.74) is 1.58. The van der Waals surface area contributed by atoms with Gasteiger partial charge in [0.15, 0.2) is 0 Å². The fraction of sp³-hybridized carbons (Fsp3) is 0.522. The Morgan fingerprint density at radius 2 is 2.10 bits per heavy atom. The van der Waals surface area contributed by atoms with Crippen molar-refractivity contribution in [3.8, 4) is 5.75 Å². The molecular formula is C23H31N3O5. The fourth-order valence-electron chi connectivity index (χ4n) is 4.24. The molecule has 1 atom stereocenters. The van der Waals surface area contributed by atoms with E-state index in [-0.39, 0.29) is 23.2 Å². The summed E-state index contributed by atoms with van der Waals surface area (Å²) in [5.74, 6) is -0.339. The van der Waals surface area contributed by atoms with E-state index in [1.54, 1.807) is 44.0 Å². The highest BCUT2D eigenvalue weighted by atomic mass is 16.5. The van der Waals surface area contributed by atoms with Crippen LogP contribution in [0.1, 0.15) is 42.6 Å². The Hall–Kier alpha value is -2.71. The summed E-state index contributed by atoms with van der Waals surface area (Å²) in [6, 6.07) is 4.90. The number of aryl methyl sites for hydroxylation is 1. The molecule has 0 radical (unpaired) electrons.